The molecule has 1 aliphatic heterocycles. The molecule has 1 saturated heterocycles. The molecule has 0 saturated carbocycles. The Morgan fingerprint density at radius 3 is 2.62 bits per heavy atom. The van der Waals surface area contributed by atoms with Gasteiger partial charge in [0.2, 0.25) is 0 Å². The van der Waals surface area contributed by atoms with Crippen LogP contribution >= 0.6 is 0 Å². The minimum Gasteiger partial charge on any atom is -0.369 e. The molecule has 0 unspecified atom stereocenters. The third kappa shape index (κ3) is 1.53. The van der Waals surface area contributed by atoms with Crippen molar-refractivity contribution >= 4 is 5.69 Å². The van der Waals surface area contributed by atoms with Gasteiger partial charge in [-0.3, -0.25) is 0 Å². The van der Waals surface area contributed by atoms with Crippen molar-refractivity contribution in [1.29, 1.82) is 0 Å². The zero-order valence-electron chi connectivity index (χ0n) is 7.89. The smallest absolute Gasteiger partial charge is 0.149 e. The number of benzene rings is 1. The number of halogens is 1. The molecule has 0 aromatic heterocycles. The Hall–Kier alpha value is -1.05. The van der Waals surface area contributed by atoms with Gasteiger partial charge in [-0.05, 0) is 31.4 Å². The first-order valence-corrected chi connectivity index (χ1v) is 4.79. The van der Waals surface area contributed by atoms with Crippen molar-refractivity contribution in [3.63, 3.8) is 0 Å². The lowest BCUT2D eigenvalue weighted by atomic mass is 10.2. The second-order valence-corrected chi connectivity index (χ2v) is 3.60. The molecule has 2 heteroatoms. The van der Waals surface area contributed by atoms with E-state index in [4.69, 9.17) is 0 Å². The van der Waals surface area contributed by atoms with E-state index in [1.807, 2.05) is 25.1 Å². The summed E-state index contributed by atoms with van der Waals surface area (Å²) in [5, 5.41) is 0. The van der Waals surface area contributed by atoms with Crippen LogP contribution in [-0.4, -0.2) is 13.1 Å². The molecule has 0 N–H and O–H groups in total. The lowest BCUT2D eigenvalue weighted by Gasteiger charge is -2.18. The van der Waals surface area contributed by atoms with Gasteiger partial charge in [0.25, 0.3) is 0 Å². The zero-order valence-corrected chi connectivity index (χ0v) is 7.89. The molecule has 0 bridgehead atoms. The monoisotopic (exact) mass is 179 g/mol. The van der Waals surface area contributed by atoms with Crippen molar-refractivity contribution < 1.29 is 4.39 Å². The molecule has 0 atom stereocenters. The van der Waals surface area contributed by atoms with Crippen LogP contribution in [0.25, 0.3) is 0 Å². The van der Waals surface area contributed by atoms with E-state index in [0.29, 0.717) is 0 Å². The first-order chi connectivity index (χ1) is 6.29. The van der Waals surface area contributed by atoms with Gasteiger partial charge in [0.1, 0.15) is 5.82 Å². The van der Waals surface area contributed by atoms with E-state index < -0.39 is 0 Å². The fraction of sp³-hybridized carbons (Fsp3) is 0.455. The van der Waals surface area contributed by atoms with Crippen LogP contribution in [-0.2, 0) is 0 Å². The molecule has 1 aliphatic rings. The molecule has 1 aromatic rings. The maximum absolute atomic E-state index is 13.6. The molecule has 1 fully saturated rings. The zero-order chi connectivity index (χ0) is 9.26. The predicted molar refractivity (Wildman–Crippen MR) is 52.6 cm³/mol. The van der Waals surface area contributed by atoms with Gasteiger partial charge in [-0.25, -0.2) is 4.39 Å². The van der Waals surface area contributed by atoms with Crippen molar-refractivity contribution in [2.24, 2.45) is 0 Å². The highest BCUT2D eigenvalue weighted by Crippen LogP contribution is 2.24. The van der Waals surface area contributed by atoms with Crippen LogP contribution in [0.4, 0.5) is 10.1 Å². The molecule has 0 amide bonds. The first-order valence-electron chi connectivity index (χ1n) is 4.79. The molecule has 0 spiro atoms. The van der Waals surface area contributed by atoms with E-state index in [1.165, 1.54) is 12.8 Å². The van der Waals surface area contributed by atoms with Crippen LogP contribution < -0.4 is 4.90 Å². The molecule has 1 nitrogen and oxygen atoms in total. The number of hydrogen-bond donors (Lipinski definition) is 0. The van der Waals surface area contributed by atoms with Gasteiger partial charge in [-0.2, -0.15) is 0 Å². The average molecular weight is 179 g/mol. The Balaban J connectivity index is 2.33. The summed E-state index contributed by atoms with van der Waals surface area (Å²) in [5.74, 6) is -0.0515. The Bertz CT molecular complexity index is 303. The number of nitrogens with zero attached hydrogens (tertiary/aromatic N) is 1. The van der Waals surface area contributed by atoms with Crippen molar-refractivity contribution in [3.05, 3.63) is 29.6 Å². The summed E-state index contributed by atoms with van der Waals surface area (Å²) in [7, 11) is 0. The third-order valence-electron chi connectivity index (χ3n) is 2.62. The van der Waals surface area contributed by atoms with Gasteiger partial charge in [-0.1, -0.05) is 12.1 Å². The van der Waals surface area contributed by atoms with Crippen molar-refractivity contribution in [2.45, 2.75) is 19.8 Å². The van der Waals surface area contributed by atoms with Gasteiger partial charge in [0, 0.05) is 13.1 Å². The Morgan fingerprint density at radius 2 is 1.92 bits per heavy atom. The molecular weight excluding hydrogens is 165 g/mol. The lowest BCUT2D eigenvalue weighted by Crippen LogP contribution is -2.19. The predicted octanol–water partition coefficient (Wildman–Crippen LogP) is 2.73. The summed E-state index contributed by atoms with van der Waals surface area (Å²) in [4.78, 5) is 2.13. The summed E-state index contributed by atoms with van der Waals surface area (Å²) in [5.41, 5.74) is 1.52. The maximum Gasteiger partial charge on any atom is 0.149 e. The summed E-state index contributed by atoms with van der Waals surface area (Å²) in [6.07, 6.45) is 2.38. The van der Waals surface area contributed by atoms with Gasteiger partial charge < -0.3 is 4.90 Å². The molecule has 1 aromatic carbocycles. The van der Waals surface area contributed by atoms with Crippen molar-refractivity contribution in [3.8, 4) is 0 Å². The fourth-order valence-corrected chi connectivity index (χ4v) is 1.83. The maximum atomic E-state index is 13.6. The minimum absolute atomic E-state index is 0.0515. The highest BCUT2D eigenvalue weighted by molar-refractivity contribution is 5.50. The average Bonchev–Trinajstić information content (AvgIpc) is 2.62. The SMILES string of the molecule is Cc1cccc(N2CCCC2)c1F. The van der Waals surface area contributed by atoms with Crippen LogP contribution in [0, 0.1) is 12.7 Å². The highest BCUT2D eigenvalue weighted by atomic mass is 19.1. The minimum atomic E-state index is -0.0515. The standard InChI is InChI=1S/C11H14FN/c1-9-5-4-6-10(11(9)12)13-7-2-3-8-13/h4-6H,2-3,7-8H2,1H3. The Morgan fingerprint density at radius 1 is 1.23 bits per heavy atom. The van der Waals surface area contributed by atoms with Crippen LogP contribution in [0.3, 0.4) is 0 Å². The van der Waals surface area contributed by atoms with Gasteiger partial charge in [-0.15, -0.1) is 0 Å². The number of hydrogen-bond acceptors (Lipinski definition) is 1. The summed E-state index contributed by atoms with van der Waals surface area (Å²) in [6.45, 7) is 3.82. The normalized spacial score (nSPS) is 16.6. The van der Waals surface area contributed by atoms with E-state index in [9.17, 15) is 4.39 Å². The Labute approximate surface area is 78.2 Å². The molecule has 13 heavy (non-hydrogen) atoms. The van der Waals surface area contributed by atoms with Crippen LogP contribution in [0.15, 0.2) is 18.2 Å². The highest BCUT2D eigenvalue weighted by Gasteiger charge is 2.16. The Kier molecular flexibility index (Phi) is 2.21. The molecule has 0 radical (unpaired) electrons. The number of anilines is 1. The summed E-state index contributed by atoms with van der Waals surface area (Å²) in [6, 6.07) is 5.61. The topological polar surface area (TPSA) is 3.24 Å². The van der Waals surface area contributed by atoms with E-state index in [0.717, 1.165) is 24.3 Å². The van der Waals surface area contributed by atoms with E-state index in [1.54, 1.807) is 0 Å². The third-order valence-corrected chi connectivity index (χ3v) is 2.62. The molecule has 70 valence electrons. The molecular formula is C11H14FN. The van der Waals surface area contributed by atoms with Crippen LogP contribution in [0.2, 0.25) is 0 Å². The van der Waals surface area contributed by atoms with Gasteiger partial charge >= 0.3 is 0 Å². The van der Waals surface area contributed by atoms with E-state index >= 15 is 0 Å². The van der Waals surface area contributed by atoms with Crippen molar-refractivity contribution in [1.82, 2.24) is 0 Å². The molecule has 0 aliphatic carbocycles. The second-order valence-electron chi connectivity index (χ2n) is 3.60. The van der Waals surface area contributed by atoms with Crippen molar-refractivity contribution in [2.75, 3.05) is 18.0 Å². The first kappa shape index (κ1) is 8.54. The molecule has 1 heterocycles. The molecule has 2 rings (SSSR count). The number of rotatable bonds is 1. The fourth-order valence-electron chi connectivity index (χ4n) is 1.83. The quantitative estimate of drug-likeness (QED) is 0.640. The van der Waals surface area contributed by atoms with Gasteiger partial charge in [0.05, 0.1) is 5.69 Å². The lowest BCUT2D eigenvalue weighted by molar-refractivity contribution is 0.614. The van der Waals surface area contributed by atoms with Gasteiger partial charge in [0.15, 0.2) is 0 Å². The van der Waals surface area contributed by atoms with Crippen LogP contribution in [0.5, 0.6) is 0 Å². The summed E-state index contributed by atoms with van der Waals surface area (Å²) >= 11 is 0. The second kappa shape index (κ2) is 3.36. The van der Waals surface area contributed by atoms with Crippen LogP contribution in [0.1, 0.15) is 18.4 Å². The largest absolute Gasteiger partial charge is 0.369 e. The van der Waals surface area contributed by atoms with E-state index in [-0.39, 0.29) is 5.82 Å². The summed E-state index contributed by atoms with van der Waals surface area (Å²) < 4.78 is 13.6. The van der Waals surface area contributed by atoms with E-state index in [2.05, 4.69) is 4.90 Å². The number of aryl methyl sites for hydroxylation is 1.